The van der Waals surface area contributed by atoms with Gasteiger partial charge in [0.15, 0.2) is 0 Å². The zero-order chi connectivity index (χ0) is 14.8. The molecule has 1 atom stereocenters. The van der Waals surface area contributed by atoms with Gasteiger partial charge in [-0.3, -0.25) is 4.79 Å². The van der Waals surface area contributed by atoms with E-state index < -0.39 is 0 Å². The molecular weight excluding hydrogens is 267 g/mol. The Morgan fingerprint density at radius 1 is 1.24 bits per heavy atom. The third-order valence-electron chi connectivity index (χ3n) is 3.80. The Kier molecular flexibility index (Phi) is 3.60. The fourth-order valence-electron chi connectivity index (χ4n) is 2.55. The highest BCUT2D eigenvalue weighted by Gasteiger charge is 2.15. The third-order valence-corrected chi connectivity index (χ3v) is 3.80. The summed E-state index contributed by atoms with van der Waals surface area (Å²) >= 11 is 0. The Morgan fingerprint density at radius 3 is 2.76 bits per heavy atom. The summed E-state index contributed by atoms with van der Waals surface area (Å²) in [6.45, 7) is 2.81. The number of hydrogen-bond donors (Lipinski definition) is 2. The molecule has 1 aliphatic rings. The Hall–Kier alpha value is -2.36. The zero-order valence-electron chi connectivity index (χ0n) is 11.8. The Balaban J connectivity index is 1.72. The molecule has 0 bridgehead atoms. The first-order valence-corrected chi connectivity index (χ1v) is 7.06. The fraction of sp³-hybridized carbons (Fsp3) is 0.235. The van der Waals surface area contributed by atoms with Crippen molar-refractivity contribution in [2.75, 3.05) is 11.9 Å². The standard InChI is InChI=1S/C17H17FN2O/c1-11(12-4-6-15(18)7-5-12)20-17(21)14-3-2-13-8-9-19-16(13)10-14/h2-7,10-11,19H,8-9H2,1H3,(H,20,21). The summed E-state index contributed by atoms with van der Waals surface area (Å²) in [6.07, 6.45) is 1.00. The lowest BCUT2D eigenvalue weighted by atomic mass is 10.1. The number of hydrogen-bond acceptors (Lipinski definition) is 2. The molecule has 0 saturated heterocycles. The van der Waals surface area contributed by atoms with E-state index in [1.807, 2.05) is 25.1 Å². The fourth-order valence-corrected chi connectivity index (χ4v) is 2.55. The van der Waals surface area contributed by atoms with Crippen molar-refractivity contribution in [3.05, 3.63) is 65.0 Å². The number of fused-ring (bicyclic) bond motifs is 1. The normalized spacial score (nSPS) is 14.2. The van der Waals surface area contributed by atoms with Crippen LogP contribution >= 0.6 is 0 Å². The van der Waals surface area contributed by atoms with E-state index in [2.05, 4.69) is 10.6 Å². The van der Waals surface area contributed by atoms with Gasteiger partial charge in [-0.25, -0.2) is 4.39 Å². The van der Waals surface area contributed by atoms with E-state index in [0.717, 1.165) is 24.2 Å². The second kappa shape index (κ2) is 5.56. The van der Waals surface area contributed by atoms with Gasteiger partial charge < -0.3 is 10.6 Å². The monoisotopic (exact) mass is 284 g/mol. The first-order valence-electron chi connectivity index (χ1n) is 7.06. The largest absolute Gasteiger partial charge is 0.384 e. The lowest BCUT2D eigenvalue weighted by molar-refractivity contribution is 0.0940. The van der Waals surface area contributed by atoms with Crippen LogP contribution in [0.15, 0.2) is 42.5 Å². The van der Waals surface area contributed by atoms with Crippen molar-refractivity contribution >= 4 is 11.6 Å². The van der Waals surface area contributed by atoms with Crippen LogP contribution in [0.3, 0.4) is 0 Å². The van der Waals surface area contributed by atoms with Gasteiger partial charge in [0.05, 0.1) is 6.04 Å². The number of rotatable bonds is 3. The minimum absolute atomic E-state index is 0.122. The molecule has 0 saturated carbocycles. The lowest BCUT2D eigenvalue weighted by Gasteiger charge is -2.15. The van der Waals surface area contributed by atoms with E-state index in [1.165, 1.54) is 17.7 Å². The SMILES string of the molecule is CC(NC(=O)c1ccc2c(c1)NCC2)c1ccc(F)cc1. The van der Waals surface area contributed by atoms with Crippen molar-refractivity contribution < 1.29 is 9.18 Å². The molecule has 108 valence electrons. The smallest absolute Gasteiger partial charge is 0.251 e. The van der Waals surface area contributed by atoms with Crippen LogP contribution in [0.2, 0.25) is 0 Å². The summed E-state index contributed by atoms with van der Waals surface area (Å²) in [5.41, 5.74) is 3.80. The number of anilines is 1. The van der Waals surface area contributed by atoms with Crippen LogP contribution < -0.4 is 10.6 Å². The van der Waals surface area contributed by atoms with Gasteiger partial charge in [0, 0.05) is 17.8 Å². The maximum Gasteiger partial charge on any atom is 0.251 e. The molecule has 1 heterocycles. The summed E-state index contributed by atoms with van der Waals surface area (Å²) in [7, 11) is 0. The molecule has 2 aromatic carbocycles. The van der Waals surface area contributed by atoms with Crippen LogP contribution in [-0.4, -0.2) is 12.5 Å². The molecule has 0 radical (unpaired) electrons. The molecular formula is C17H17FN2O. The van der Waals surface area contributed by atoms with Crippen LogP contribution in [-0.2, 0) is 6.42 Å². The quantitative estimate of drug-likeness (QED) is 0.908. The van der Waals surface area contributed by atoms with Crippen LogP contribution in [0.5, 0.6) is 0 Å². The molecule has 0 spiro atoms. The maximum absolute atomic E-state index is 12.9. The highest BCUT2D eigenvalue weighted by molar-refractivity contribution is 5.95. The highest BCUT2D eigenvalue weighted by Crippen LogP contribution is 2.23. The summed E-state index contributed by atoms with van der Waals surface area (Å²) in [4.78, 5) is 12.3. The van der Waals surface area contributed by atoms with Crippen LogP contribution in [0.4, 0.5) is 10.1 Å². The number of halogens is 1. The first-order chi connectivity index (χ1) is 10.1. The molecule has 0 aliphatic carbocycles. The summed E-state index contributed by atoms with van der Waals surface area (Å²) in [5, 5.41) is 6.20. The molecule has 2 aromatic rings. The van der Waals surface area contributed by atoms with E-state index in [9.17, 15) is 9.18 Å². The second-order valence-corrected chi connectivity index (χ2v) is 5.30. The molecule has 1 aliphatic heterocycles. The lowest BCUT2D eigenvalue weighted by Crippen LogP contribution is -2.26. The van der Waals surface area contributed by atoms with Crippen molar-refractivity contribution in [1.29, 1.82) is 0 Å². The van der Waals surface area contributed by atoms with Gasteiger partial charge in [-0.15, -0.1) is 0 Å². The van der Waals surface area contributed by atoms with Crippen molar-refractivity contribution in [1.82, 2.24) is 5.32 Å². The van der Waals surface area contributed by atoms with Gasteiger partial charge in [0.2, 0.25) is 0 Å². The Labute approximate surface area is 123 Å². The molecule has 1 amide bonds. The number of carbonyl (C=O) groups is 1. The summed E-state index contributed by atoms with van der Waals surface area (Å²) in [6, 6.07) is 11.7. The van der Waals surface area contributed by atoms with Crippen LogP contribution in [0.1, 0.15) is 34.5 Å². The molecule has 0 fully saturated rings. The van der Waals surface area contributed by atoms with Gasteiger partial charge in [-0.2, -0.15) is 0 Å². The first kappa shape index (κ1) is 13.6. The Bertz CT molecular complexity index is 667. The van der Waals surface area contributed by atoms with Crippen molar-refractivity contribution in [3.63, 3.8) is 0 Å². The van der Waals surface area contributed by atoms with Gasteiger partial charge in [-0.05, 0) is 48.7 Å². The number of amides is 1. The predicted octanol–water partition coefficient (Wildman–Crippen LogP) is 3.28. The summed E-state index contributed by atoms with van der Waals surface area (Å²) < 4.78 is 12.9. The van der Waals surface area contributed by atoms with Crippen LogP contribution in [0, 0.1) is 5.82 Å². The molecule has 3 rings (SSSR count). The van der Waals surface area contributed by atoms with E-state index >= 15 is 0 Å². The average Bonchev–Trinajstić information content (AvgIpc) is 2.95. The molecule has 0 aromatic heterocycles. The average molecular weight is 284 g/mol. The number of nitrogens with one attached hydrogen (secondary N) is 2. The van der Waals surface area contributed by atoms with E-state index in [-0.39, 0.29) is 17.8 Å². The van der Waals surface area contributed by atoms with Gasteiger partial charge in [0.1, 0.15) is 5.82 Å². The van der Waals surface area contributed by atoms with E-state index in [1.54, 1.807) is 12.1 Å². The zero-order valence-corrected chi connectivity index (χ0v) is 11.8. The molecule has 4 heteroatoms. The number of benzene rings is 2. The van der Waals surface area contributed by atoms with E-state index in [0.29, 0.717) is 5.56 Å². The van der Waals surface area contributed by atoms with E-state index in [4.69, 9.17) is 0 Å². The molecule has 1 unspecified atom stereocenters. The van der Waals surface area contributed by atoms with Crippen molar-refractivity contribution in [3.8, 4) is 0 Å². The molecule has 3 nitrogen and oxygen atoms in total. The predicted molar refractivity (Wildman–Crippen MR) is 80.9 cm³/mol. The number of carbonyl (C=O) groups excluding carboxylic acids is 1. The van der Waals surface area contributed by atoms with Crippen LogP contribution in [0.25, 0.3) is 0 Å². The minimum Gasteiger partial charge on any atom is -0.384 e. The summed E-state index contributed by atoms with van der Waals surface area (Å²) in [5.74, 6) is -0.398. The molecule has 2 N–H and O–H groups in total. The third kappa shape index (κ3) is 2.89. The van der Waals surface area contributed by atoms with Gasteiger partial charge in [0.25, 0.3) is 5.91 Å². The highest BCUT2D eigenvalue weighted by atomic mass is 19.1. The van der Waals surface area contributed by atoms with Gasteiger partial charge >= 0.3 is 0 Å². The topological polar surface area (TPSA) is 41.1 Å². The molecule has 21 heavy (non-hydrogen) atoms. The van der Waals surface area contributed by atoms with Gasteiger partial charge in [-0.1, -0.05) is 18.2 Å². The second-order valence-electron chi connectivity index (χ2n) is 5.30. The minimum atomic E-state index is -0.276. The Morgan fingerprint density at radius 2 is 2.00 bits per heavy atom. The van der Waals surface area contributed by atoms with Crippen molar-refractivity contribution in [2.45, 2.75) is 19.4 Å². The maximum atomic E-state index is 12.9. The van der Waals surface area contributed by atoms with Crippen molar-refractivity contribution in [2.24, 2.45) is 0 Å².